The van der Waals surface area contributed by atoms with E-state index in [2.05, 4.69) is 10.3 Å². The minimum absolute atomic E-state index is 0.0607. The van der Waals surface area contributed by atoms with Crippen molar-refractivity contribution >= 4 is 29.0 Å². The molecule has 0 fully saturated rings. The Labute approximate surface area is 152 Å². The first-order valence-electron chi connectivity index (χ1n) is 7.90. The van der Waals surface area contributed by atoms with E-state index in [4.69, 9.17) is 11.6 Å². The van der Waals surface area contributed by atoms with E-state index >= 15 is 0 Å². The molecule has 1 heterocycles. The molecule has 25 heavy (non-hydrogen) atoms. The molecule has 1 N–H and O–H groups in total. The number of halogens is 1. The van der Waals surface area contributed by atoms with Crippen molar-refractivity contribution in [3.63, 3.8) is 0 Å². The Bertz CT molecular complexity index is 833. The van der Waals surface area contributed by atoms with Crippen LogP contribution in [0.5, 0.6) is 0 Å². The summed E-state index contributed by atoms with van der Waals surface area (Å²) in [6, 6.07) is 20.8. The fraction of sp³-hybridized carbons (Fsp3) is 0.100. The van der Waals surface area contributed by atoms with E-state index in [1.54, 1.807) is 42.4 Å². The second-order valence-electron chi connectivity index (χ2n) is 5.71. The minimum Gasteiger partial charge on any atom is -0.340 e. The molecule has 0 spiro atoms. The van der Waals surface area contributed by atoms with Crippen LogP contribution in [-0.2, 0) is 6.54 Å². The Morgan fingerprint density at radius 1 is 1.04 bits per heavy atom. The van der Waals surface area contributed by atoms with Gasteiger partial charge in [-0.25, -0.2) is 4.98 Å². The molecule has 0 saturated heterocycles. The smallest absolute Gasteiger partial charge is 0.255 e. The molecule has 5 heteroatoms. The lowest BCUT2D eigenvalue weighted by Gasteiger charge is -2.17. The van der Waals surface area contributed by atoms with Crippen LogP contribution in [0.2, 0.25) is 5.02 Å². The largest absolute Gasteiger partial charge is 0.340 e. The molecule has 0 radical (unpaired) electrons. The normalized spacial score (nSPS) is 10.3. The van der Waals surface area contributed by atoms with Crippen LogP contribution in [0.1, 0.15) is 15.9 Å². The van der Waals surface area contributed by atoms with Crippen molar-refractivity contribution in [1.29, 1.82) is 0 Å². The molecular formula is C20H18ClN3O. The number of hydrogen-bond acceptors (Lipinski definition) is 3. The Kier molecular flexibility index (Phi) is 5.31. The topological polar surface area (TPSA) is 45.2 Å². The van der Waals surface area contributed by atoms with Gasteiger partial charge in [0.15, 0.2) is 0 Å². The maximum absolute atomic E-state index is 12.5. The standard InChI is InChI=1S/C20H18ClN3O/c1-24(14-15-5-3-2-4-6-15)20(25)16-7-12-19(22-13-16)23-18-10-8-17(21)9-11-18/h2-13H,14H2,1H3,(H,22,23). The number of hydrogen-bond donors (Lipinski definition) is 1. The zero-order chi connectivity index (χ0) is 17.6. The Balaban J connectivity index is 1.64. The fourth-order valence-corrected chi connectivity index (χ4v) is 2.55. The second-order valence-corrected chi connectivity index (χ2v) is 6.15. The Morgan fingerprint density at radius 2 is 1.76 bits per heavy atom. The lowest BCUT2D eigenvalue weighted by atomic mass is 10.2. The summed E-state index contributed by atoms with van der Waals surface area (Å²) in [6.45, 7) is 0.560. The molecule has 0 aliphatic rings. The van der Waals surface area contributed by atoms with Crippen molar-refractivity contribution in [3.8, 4) is 0 Å². The van der Waals surface area contributed by atoms with Gasteiger partial charge in [0.2, 0.25) is 0 Å². The number of aromatic nitrogens is 1. The van der Waals surface area contributed by atoms with E-state index in [1.165, 1.54) is 0 Å². The first-order chi connectivity index (χ1) is 12.1. The Morgan fingerprint density at radius 3 is 2.40 bits per heavy atom. The van der Waals surface area contributed by atoms with E-state index in [0.717, 1.165) is 11.3 Å². The van der Waals surface area contributed by atoms with Crippen LogP contribution in [0.25, 0.3) is 0 Å². The number of anilines is 2. The van der Waals surface area contributed by atoms with Gasteiger partial charge in [-0.2, -0.15) is 0 Å². The highest BCUT2D eigenvalue weighted by atomic mass is 35.5. The summed E-state index contributed by atoms with van der Waals surface area (Å²) < 4.78 is 0. The second kappa shape index (κ2) is 7.81. The predicted octanol–water partition coefficient (Wildman–Crippen LogP) is 4.75. The highest BCUT2D eigenvalue weighted by Gasteiger charge is 2.12. The van der Waals surface area contributed by atoms with Crippen LogP contribution in [0.4, 0.5) is 11.5 Å². The van der Waals surface area contributed by atoms with Crippen molar-refractivity contribution < 1.29 is 4.79 Å². The van der Waals surface area contributed by atoms with E-state index in [0.29, 0.717) is 22.9 Å². The van der Waals surface area contributed by atoms with Gasteiger partial charge >= 0.3 is 0 Å². The summed E-state index contributed by atoms with van der Waals surface area (Å²) >= 11 is 5.87. The van der Waals surface area contributed by atoms with Gasteiger partial charge in [0, 0.05) is 30.5 Å². The number of pyridine rings is 1. The van der Waals surface area contributed by atoms with Gasteiger partial charge < -0.3 is 10.2 Å². The van der Waals surface area contributed by atoms with Crippen LogP contribution in [-0.4, -0.2) is 22.8 Å². The Hall–Kier alpha value is -2.85. The number of nitrogens with one attached hydrogen (secondary N) is 1. The zero-order valence-electron chi connectivity index (χ0n) is 13.8. The summed E-state index contributed by atoms with van der Waals surface area (Å²) in [5.74, 6) is 0.610. The molecule has 1 aromatic heterocycles. The molecule has 1 amide bonds. The van der Waals surface area contributed by atoms with Crippen molar-refractivity contribution in [2.24, 2.45) is 0 Å². The van der Waals surface area contributed by atoms with Crippen molar-refractivity contribution in [3.05, 3.63) is 89.1 Å². The third-order valence-electron chi connectivity index (χ3n) is 3.74. The predicted molar refractivity (Wildman–Crippen MR) is 101 cm³/mol. The zero-order valence-corrected chi connectivity index (χ0v) is 14.6. The van der Waals surface area contributed by atoms with Gasteiger partial charge in [0.05, 0.1) is 5.56 Å². The molecular weight excluding hydrogens is 334 g/mol. The van der Waals surface area contributed by atoms with Crippen LogP contribution in [0.3, 0.4) is 0 Å². The maximum atomic E-state index is 12.5. The molecule has 0 atom stereocenters. The van der Waals surface area contributed by atoms with E-state index in [-0.39, 0.29) is 5.91 Å². The number of carbonyl (C=O) groups is 1. The quantitative estimate of drug-likeness (QED) is 0.721. The van der Waals surface area contributed by atoms with Crippen molar-refractivity contribution in [2.45, 2.75) is 6.54 Å². The summed E-state index contributed by atoms with van der Waals surface area (Å²) in [4.78, 5) is 18.5. The van der Waals surface area contributed by atoms with E-state index < -0.39 is 0 Å². The fourth-order valence-electron chi connectivity index (χ4n) is 2.42. The number of nitrogens with zero attached hydrogens (tertiary/aromatic N) is 2. The van der Waals surface area contributed by atoms with Crippen molar-refractivity contribution in [1.82, 2.24) is 9.88 Å². The number of rotatable bonds is 5. The van der Waals surface area contributed by atoms with Gasteiger partial charge in [-0.05, 0) is 42.0 Å². The molecule has 2 aromatic carbocycles. The molecule has 0 saturated carbocycles. The summed E-state index contributed by atoms with van der Waals surface area (Å²) in [7, 11) is 1.79. The van der Waals surface area contributed by atoms with Gasteiger partial charge in [0.25, 0.3) is 5.91 Å². The molecule has 0 aliphatic heterocycles. The average molecular weight is 352 g/mol. The molecule has 0 unspecified atom stereocenters. The average Bonchev–Trinajstić information content (AvgIpc) is 2.64. The van der Waals surface area contributed by atoms with Gasteiger partial charge in [-0.15, -0.1) is 0 Å². The minimum atomic E-state index is -0.0607. The van der Waals surface area contributed by atoms with E-state index in [9.17, 15) is 4.79 Å². The SMILES string of the molecule is CN(Cc1ccccc1)C(=O)c1ccc(Nc2ccc(Cl)cc2)nc1. The summed E-state index contributed by atoms with van der Waals surface area (Å²) in [5.41, 5.74) is 2.53. The maximum Gasteiger partial charge on any atom is 0.255 e. The highest BCUT2D eigenvalue weighted by Crippen LogP contribution is 2.18. The number of amides is 1. The molecule has 4 nitrogen and oxygen atoms in total. The van der Waals surface area contributed by atoms with E-state index in [1.807, 2.05) is 42.5 Å². The third-order valence-corrected chi connectivity index (χ3v) is 3.99. The molecule has 126 valence electrons. The van der Waals surface area contributed by atoms with Crippen LogP contribution in [0, 0.1) is 0 Å². The summed E-state index contributed by atoms with van der Waals surface area (Å²) in [6.07, 6.45) is 1.59. The molecule has 3 rings (SSSR count). The van der Waals surface area contributed by atoms with Crippen LogP contribution < -0.4 is 5.32 Å². The van der Waals surface area contributed by atoms with Gasteiger partial charge in [0.1, 0.15) is 5.82 Å². The highest BCUT2D eigenvalue weighted by molar-refractivity contribution is 6.30. The van der Waals surface area contributed by atoms with Crippen LogP contribution >= 0.6 is 11.6 Å². The van der Waals surface area contributed by atoms with Crippen molar-refractivity contribution in [2.75, 3.05) is 12.4 Å². The van der Waals surface area contributed by atoms with Crippen LogP contribution in [0.15, 0.2) is 72.9 Å². The molecule has 0 bridgehead atoms. The molecule has 3 aromatic rings. The lowest BCUT2D eigenvalue weighted by Crippen LogP contribution is -2.26. The number of benzene rings is 2. The first kappa shape index (κ1) is 17.0. The lowest BCUT2D eigenvalue weighted by molar-refractivity contribution is 0.0784. The summed E-state index contributed by atoms with van der Waals surface area (Å²) in [5, 5.41) is 3.85. The van der Waals surface area contributed by atoms with Gasteiger partial charge in [-0.3, -0.25) is 4.79 Å². The molecule has 0 aliphatic carbocycles. The third kappa shape index (κ3) is 4.58. The van der Waals surface area contributed by atoms with Gasteiger partial charge in [-0.1, -0.05) is 41.9 Å². The monoisotopic (exact) mass is 351 g/mol. The first-order valence-corrected chi connectivity index (χ1v) is 8.27. The number of carbonyl (C=O) groups excluding carboxylic acids is 1.